The third-order valence-electron chi connectivity index (χ3n) is 4.36. The van der Waals surface area contributed by atoms with E-state index in [4.69, 9.17) is 4.74 Å². The van der Waals surface area contributed by atoms with Crippen molar-refractivity contribution in [3.63, 3.8) is 0 Å². The van der Waals surface area contributed by atoms with Crippen LogP contribution in [0.25, 0.3) is 0 Å². The van der Waals surface area contributed by atoms with Crippen molar-refractivity contribution >= 4 is 33.5 Å². The zero-order valence-corrected chi connectivity index (χ0v) is 18.5. The fraction of sp³-hybridized carbons (Fsp3) is 0.286. The molecule has 0 amide bonds. The average Bonchev–Trinajstić information content (AvgIpc) is 3.08. The second kappa shape index (κ2) is 9.39. The van der Waals surface area contributed by atoms with E-state index in [0.29, 0.717) is 24.5 Å². The Hall–Kier alpha value is -2.12. The number of hydrogen-bond donors (Lipinski definition) is 0. The molecule has 1 aromatic heterocycles. The van der Waals surface area contributed by atoms with Crippen LogP contribution < -0.4 is 4.74 Å². The normalized spacial score (nSPS) is 10.9. The highest BCUT2D eigenvalue weighted by atomic mass is 79.9. The first kappa shape index (κ1) is 20.6. The summed E-state index contributed by atoms with van der Waals surface area (Å²) in [6.07, 6.45) is 0. The molecule has 0 N–H and O–H groups in total. The van der Waals surface area contributed by atoms with Gasteiger partial charge < -0.3 is 9.30 Å². The van der Waals surface area contributed by atoms with Gasteiger partial charge in [0.2, 0.25) is 0 Å². The van der Waals surface area contributed by atoms with Gasteiger partial charge in [-0.05, 0) is 44.0 Å². The van der Waals surface area contributed by atoms with E-state index in [0.717, 1.165) is 32.3 Å². The third kappa shape index (κ3) is 4.83. The fourth-order valence-electron chi connectivity index (χ4n) is 2.86. The van der Waals surface area contributed by atoms with Gasteiger partial charge in [-0.15, -0.1) is 10.2 Å². The number of Topliss-reactive ketones (excluding diaryl/α,β-unsaturated/α-hetero) is 1. The van der Waals surface area contributed by atoms with Gasteiger partial charge in [0.25, 0.3) is 0 Å². The van der Waals surface area contributed by atoms with Gasteiger partial charge in [0.1, 0.15) is 12.4 Å². The van der Waals surface area contributed by atoms with Crippen LogP contribution in [0.1, 0.15) is 34.2 Å². The van der Waals surface area contributed by atoms with Gasteiger partial charge in [-0.25, -0.2) is 0 Å². The van der Waals surface area contributed by atoms with Gasteiger partial charge in [0, 0.05) is 16.6 Å². The molecule has 0 aliphatic heterocycles. The predicted molar refractivity (Wildman–Crippen MR) is 115 cm³/mol. The van der Waals surface area contributed by atoms with Crippen molar-refractivity contribution in [2.75, 3.05) is 5.75 Å². The molecule has 2 aromatic carbocycles. The van der Waals surface area contributed by atoms with Crippen LogP contribution >= 0.6 is 27.7 Å². The van der Waals surface area contributed by atoms with E-state index >= 15 is 0 Å². The molecule has 0 fully saturated rings. The molecular formula is C21H22BrN3O2S. The minimum absolute atomic E-state index is 0.0662. The van der Waals surface area contributed by atoms with Gasteiger partial charge in [0.05, 0.1) is 5.75 Å². The van der Waals surface area contributed by atoms with Crippen LogP contribution in [-0.4, -0.2) is 26.3 Å². The van der Waals surface area contributed by atoms with Crippen LogP contribution in [0.3, 0.4) is 0 Å². The van der Waals surface area contributed by atoms with Gasteiger partial charge in [-0.3, -0.25) is 4.79 Å². The van der Waals surface area contributed by atoms with Crippen molar-refractivity contribution in [2.24, 2.45) is 0 Å². The molecule has 0 radical (unpaired) electrons. The molecule has 0 atom stereocenters. The van der Waals surface area contributed by atoms with Crippen LogP contribution in [0, 0.1) is 13.8 Å². The molecule has 28 heavy (non-hydrogen) atoms. The minimum atomic E-state index is 0.0662. The molecule has 3 rings (SSSR count). The lowest BCUT2D eigenvalue weighted by Crippen LogP contribution is -2.09. The van der Waals surface area contributed by atoms with Crippen molar-refractivity contribution < 1.29 is 9.53 Å². The molecule has 0 bridgehead atoms. The summed E-state index contributed by atoms with van der Waals surface area (Å²) in [7, 11) is 0. The number of halogens is 1. The maximum absolute atomic E-state index is 12.4. The average molecular weight is 460 g/mol. The fourth-order valence-corrected chi connectivity index (χ4v) is 4.04. The van der Waals surface area contributed by atoms with Crippen molar-refractivity contribution in [1.29, 1.82) is 0 Å². The molecule has 5 nitrogen and oxygen atoms in total. The van der Waals surface area contributed by atoms with Gasteiger partial charge in [-0.1, -0.05) is 58.0 Å². The van der Waals surface area contributed by atoms with Gasteiger partial charge >= 0.3 is 0 Å². The van der Waals surface area contributed by atoms with Crippen LogP contribution in [0.2, 0.25) is 0 Å². The number of aryl methyl sites for hydroxylation is 2. The number of thioether (sulfide) groups is 1. The molecular weight excluding hydrogens is 438 g/mol. The number of benzene rings is 2. The Morgan fingerprint density at radius 1 is 1.11 bits per heavy atom. The standard InChI is InChI=1S/C21H22BrN3O2S/c1-4-25-19(12-27-20-14(2)6-5-7-15(20)3)23-24-21(25)28-13-18(26)16-8-10-17(22)11-9-16/h5-11H,4,12-13H2,1-3H3. The predicted octanol–water partition coefficient (Wildman–Crippen LogP) is 5.23. The van der Waals surface area contributed by atoms with Crippen molar-refractivity contribution in [3.05, 3.63) is 69.5 Å². The summed E-state index contributed by atoms with van der Waals surface area (Å²) in [4.78, 5) is 12.4. The maximum Gasteiger partial charge on any atom is 0.191 e. The molecule has 7 heteroatoms. The number of ether oxygens (including phenoxy) is 1. The number of hydrogen-bond acceptors (Lipinski definition) is 5. The number of ketones is 1. The zero-order chi connectivity index (χ0) is 20.1. The van der Waals surface area contributed by atoms with Crippen LogP contribution in [0.4, 0.5) is 0 Å². The third-order valence-corrected chi connectivity index (χ3v) is 5.86. The quantitative estimate of drug-likeness (QED) is 0.340. The van der Waals surface area contributed by atoms with E-state index in [-0.39, 0.29) is 5.78 Å². The molecule has 0 saturated carbocycles. The molecule has 3 aromatic rings. The Balaban J connectivity index is 1.66. The first-order valence-electron chi connectivity index (χ1n) is 9.02. The number of nitrogens with zero attached hydrogens (tertiary/aromatic N) is 3. The summed E-state index contributed by atoms with van der Waals surface area (Å²) >= 11 is 4.78. The highest BCUT2D eigenvalue weighted by Crippen LogP contribution is 2.24. The minimum Gasteiger partial charge on any atom is -0.485 e. The smallest absolute Gasteiger partial charge is 0.191 e. The van der Waals surface area contributed by atoms with E-state index in [1.54, 1.807) is 0 Å². The first-order valence-corrected chi connectivity index (χ1v) is 10.8. The lowest BCUT2D eigenvalue weighted by atomic mass is 10.1. The van der Waals surface area contributed by atoms with Crippen molar-refractivity contribution in [1.82, 2.24) is 14.8 Å². The van der Waals surface area contributed by atoms with E-state index in [1.165, 1.54) is 11.8 Å². The largest absolute Gasteiger partial charge is 0.485 e. The summed E-state index contributed by atoms with van der Waals surface area (Å²) < 4.78 is 8.96. The molecule has 0 unspecified atom stereocenters. The first-order chi connectivity index (χ1) is 13.5. The van der Waals surface area contributed by atoms with Gasteiger partial charge in [-0.2, -0.15) is 0 Å². The van der Waals surface area contributed by atoms with E-state index in [1.807, 2.05) is 67.8 Å². The molecule has 0 aliphatic carbocycles. The monoisotopic (exact) mass is 459 g/mol. The Morgan fingerprint density at radius 2 is 1.79 bits per heavy atom. The van der Waals surface area contributed by atoms with E-state index in [2.05, 4.69) is 26.1 Å². The summed E-state index contributed by atoms with van der Waals surface area (Å²) in [6.45, 7) is 7.15. The number of carbonyl (C=O) groups excluding carboxylic acids is 1. The summed E-state index contributed by atoms with van der Waals surface area (Å²) in [5, 5.41) is 9.26. The molecule has 1 heterocycles. The number of para-hydroxylation sites is 1. The van der Waals surface area contributed by atoms with Crippen LogP contribution in [-0.2, 0) is 13.2 Å². The van der Waals surface area contributed by atoms with Crippen molar-refractivity contribution in [2.45, 2.75) is 39.1 Å². The second-order valence-electron chi connectivity index (χ2n) is 6.37. The maximum atomic E-state index is 12.4. The SMILES string of the molecule is CCn1c(COc2c(C)cccc2C)nnc1SCC(=O)c1ccc(Br)cc1. The summed E-state index contributed by atoms with van der Waals surface area (Å²) in [5.41, 5.74) is 2.88. The van der Waals surface area contributed by atoms with E-state index < -0.39 is 0 Å². The number of carbonyl (C=O) groups is 1. The Labute approximate surface area is 177 Å². The molecule has 0 aliphatic rings. The number of aromatic nitrogens is 3. The number of rotatable bonds is 8. The lowest BCUT2D eigenvalue weighted by molar-refractivity contribution is 0.102. The van der Waals surface area contributed by atoms with Crippen molar-refractivity contribution in [3.8, 4) is 5.75 Å². The lowest BCUT2D eigenvalue weighted by Gasteiger charge is -2.12. The summed E-state index contributed by atoms with van der Waals surface area (Å²) in [6, 6.07) is 13.5. The molecule has 0 spiro atoms. The Kier molecular flexibility index (Phi) is 6.91. The van der Waals surface area contributed by atoms with Gasteiger partial charge in [0.15, 0.2) is 16.8 Å². The highest BCUT2D eigenvalue weighted by molar-refractivity contribution is 9.10. The van der Waals surface area contributed by atoms with Crippen LogP contribution in [0.5, 0.6) is 5.75 Å². The van der Waals surface area contributed by atoms with Crippen LogP contribution in [0.15, 0.2) is 52.1 Å². The van der Waals surface area contributed by atoms with E-state index in [9.17, 15) is 4.79 Å². The topological polar surface area (TPSA) is 57.0 Å². The molecule has 146 valence electrons. The highest BCUT2D eigenvalue weighted by Gasteiger charge is 2.15. The Morgan fingerprint density at radius 3 is 2.43 bits per heavy atom. The Bertz CT molecular complexity index is 950. The second-order valence-corrected chi connectivity index (χ2v) is 8.23. The summed E-state index contributed by atoms with van der Waals surface area (Å²) in [5.74, 6) is 2.02. The zero-order valence-electron chi connectivity index (χ0n) is 16.1. The molecule has 0 saturated heterocycles.